The predicted molar refractivity (Wildman–Crippen MR) is 124 cm³/mol. The highest BCUT2D eigenvalue weighted by molar-refractivity contribution is 6.39. The molecule has 170 valence electrons. The van der Waals surface area contributed by atoms with E-state index >= 15 is 0 Å². The number of barbiturate groups is 1. The molecule has 0 radical (unpaired) electrons. The molecule has 0 saturated carbocycles. The molecule has 1 aliphatic rings. The number of benzene rings is 3. The molecular formula is C25H19N3O6. The minimum Gasteiger partial charge on any atom is -0.488 e. The van der Waals surface area contributed by atoms with Gasteiger partial charge < -0.3 is 4.74 Å². The Morgan fingerprint density at radius 3 is 2.50 bits per heavy atom. The number of anilines is 1. The molecule has 1 N–H and O–H groups in total. The number of non-ortho nitro benzene ring substituents is 1. The molecule has 3 aromatic rings. The molecule has 4 rings (SSSR count). The van der Waals surface area contributed by atoms with Gasteiger partial charge in [0.05, 0.1) is 10.6 Å². The minimum absolute atomic E-state index is 0.0375. The number of nitro groups is 1. The lowest BCUT2D eigenvalue weighted by molar-refractivity contribution is -0.384. The standard InChI is InChI=1S/C25H19N3O6/c1-16-7-2-4-11-21(16)27-24(30)20(23(29)26-25(27)31)14-18-9-3-5-12-22(18)34-15-17-8-6-10-19(13-17)28(32)33/h2-14H,15H2,1H3,(H,26,29,31)/b20-14+. The normalized spacial score (nSPS) is 14.8. The first-order valence-electron chi connectivity index (χ1n) is 10.3. The molecule has 1 aliphatic heterocycles. The Morgan fingerprint density at radius 2 is 1.74 bits per heavy atom. The van der Waals surface area contributed by atoms with Gasteiger partial charge in [0.2, 0.25) is 0 Å². The van der Waals surface area contributed by atoms with Gasteiger partial charge >= 0.3 is 6.03 Å². The van der Waals surface area contributed by atoms with Crippen molar-refractivity contribution < 1.29 is 24.0 Å². The van der Waals surface area contributed by atoms with E-state index in [9.17, 15) is 24.5 Å². The molecule has 4 amide bonds. The lowest BCUT2D eigenvalue weighted by atomic mass is 10.0. The number of hydrogen-bond acceptors (Lipinski definition) is 6. The maximum Gasteiger partial charge on any atom is 0.335 e. The van der Waals surface area contributed by atoms with E-state index in [-0.39, 0.29) is 17.9 Å². The molecular weight excluding hydrogens is 438 g/mol. The minimum atomic E-state index is -0.823. The Kier molecular flexibility index (Phi) is 6.18. The van der Waals surface area contributed by atoms with Gasteiger partial charge in [-0.2, -0.15) is 0 Å². The average molecular weight is 457 g/mol. The number of para-hydroxylation sites is 2. The van der Waals surface area contributed by atoms with Crippen molar-refractivity contribution >= 4 is 35.3 Å². The molecule has 34 heavy (non-hydrogen) atoms. The highest BCUT2D eigenvalue weighted by Crippen LogP contribution is 2.27. The number of hydrogen-bond donors (Lipinski definition) is 1. The molecule has 0 atom stereocenters. The van der Waals surface area contributed by atoms with Crippen LogP contribution in [0, 0.1) is 17.0 Å². The third-order valence-corrected chi connectivity index (χ3v) is 5.19. The van der Waals surface area contributed by atoms with Crippen LogP contribution in [0.2, 0.25) is 0 Å². The maximum absolute atomic E-state index is 13.2. The molecule has 1 fully saturated rings. The van der Waals surface area contributed by atoms with E-state index in [0.717, 1.165) is 4.90 Å². The molecule has 3 aromatic carbocycles. The van der Waals surface area contributed by atoms with Crippen LogP contribution < -0.4 is 15.0 Å². The Hall–Kier alpha value is -4.79. The Bertz CT molecular complexity index is 1350. The van der Waals surface area contributed by atoms with Crippen LogP contribution in [0.4, 0.5) is 16.2 Å². The van der Waals surface area contributed by atoms with Gasteiger partial charge in [-0.25, -0.2) is 9.69 Å². The maximum atomic E-state index is 13.2. The van der Waals surface area contributed by atoms with Crippen molar-refractivity contribution in [2.45, 2.75) is 13.5 Å². The number of imide groups is 2. The quantitative estimate of drug-likeness (QED) is 0.257. The summed E-state index contributed by atoms with van der Waals surface area (Å²) in [4.78, 5) is 49.6. The van der Waals surface area contributed by atoms with Crippen LogP contribution in [0.25, 0.3) is 6.08 Å². The number of nitrogens with one attached hydrogen (secondary N) is 1. The van der Waals surface area contributed by atoms with Crippen LogP contribution >= 0.6 is 0 Å². The molecule has 9 nitrogen and oxygen atoms in total. The molecule has 0 spiro atoms. The zero-order valence-electron chi connectivity index (χ0n) is 18.1. The summed E-state index contributed by atoms with van der Waals surface area (Å²) in [6.45, 7) is 1.79. The number of nitrogens with zero attached hydrogens (tertiary/aromatic N) is 2. The van der Waals surface area contributed by atoms with E-state index in [1.807, 2.05) is 0 Å². The van der Waals surface area contributed by atoms with E-state index in [0.29, 0.717) is 28.1 Å². The molecule has 0 unspecified atom stereocenters. The fraction of sp³-hybridized carbons (Fsp3) is 0.0800. The van der Waals surface area contributed by atoms with Crippen LogP contribution in [0.15, 0.2) is 78.4 Å². The number of urea groups is 1. The van der Waals surface area contributed by atoms with Crippen molar-refractivity contribution in [2.75, 3.05) is 4.90 Å². The largest absolute Gasteiger partial charge is 0.488 e. The number of aryl methyl sites for hydroxylation is 1. The van der Waals surface area contributed by atoms with E-state index < -0.39 is 22.8 Å². The first-order chi connectivity index (χ1) is 16.3. The van der Waals surface area contributed by atoms with E-state index in [1.54, 1.807) is 67.6 Å². The number of nitro benzene ring substituents is 1. The summed E-state index contributed by atoms with van der Waals surface area (Å²) in [6.07, 6.45) is 1.36. The average Bonchev–Trinajstić information content (AvgIpc) is 2.82. The fourth-order valence-corrected chi connectivity index (χ4v) is 3.50. The Morgan fingerprint density at radius 1 is 1.00 bits per heavy atom. The van der Waals surface area contributed by atoms with Gasteiger partial charge in [-0.1, -0.05) is 48.5 Å². The van der Waals surface area contributed by atoms with Crippen molar-refractivity contribution in [3.63, 3.8) is 0 Å². The SMILES string of the molecule is Cc1ccccc1N1C(=O)NC(=O)/C(=C\c2ccccc2OCc2cccc([N+](=O)[O-])c2)C1=O. The molecule has 0 aromatic heterocycles. The lowest BCUT2D eigenvalue weighted by Gasteiger charge is -2.27. The van der Waals surface area contributed by atoms with Crippen molar-refractivity contribution in [1.82, 2.24) is 5.32 Å². The van der Waals surface area contributed by atoms with Gasteiger partial charge in [-0.05, 0) is 36.3 Å². The zero-order valence-corrected chi connectivity index (χ0v) is 18.1. The summed E-state index contributed by atoms with van der Waals surface area (Å²) >= 11 is 0. The van der Waals surface area contributed by atoms with Gasteiger partial charge in [0, 0.05) is 17.7 Å². The molecule has 1 heterocycles. The topological polar surface area (TPSA) is 119 Å². The second kappa shape index (κ2) is 9.37. The van der Waals surface area contributed by atoms with Crippen molar-refractivity contribution in [1.29, 1.82) is 0 Å². The van der Waals surface area contributed by atoms with Crippen LogP contribution in [-0.2, 0) is 16.2 Å². The summed E-state index contributed by atoms with van der Waals surface area (Å²) in [7, 11) is 0. The molecule has 1 saturated heterocycles. The molecule has 9 heteroatoms. The van der Waals surface area contributed by atoms with Crippen LogP contribution in [0.1, 0.15) is 16.7 Å². The van der Waals surface area contributed by atoms with Crippen molar-refractivity contribution in [3.05, 3.63) is 105 Å². The number of carbonyl (C=O) groups is 3. The van der Waals surface area contributed by atoms with Crippen molar-refractivity contribution in [2.24, 2.45) is 0 Å². The third-order valence-electron chi connectivity index (χ3n) is 5.19. The fourth-order valence-electron chi connectivity index (χ4n) is 3.50. The molecule has 0 aliphatic carbocycles. The van der Waals surface area contributed by atoms with Gasteiger partial charge in [0.25, 0.3) is 17.5 Å². The van der Waals surface area contributed by atoms with Gasteiger partial charge in [0.1, 0.15) is 17.9 Å². The van der Waals surface area contributed by atoms with Gasteiger partial charge in [-0.3, -0.25) is 25.0 Å². The highest BCUT2D eigenvalue weighted by Gasteiger charge is 2.37. The molecule has 0 bridgehead atoms. The first-order valence-corrected chi connectivity index (χ1v) is 10.3. The number of ether oxygens (including phenoxy) is 1. The van der Waals surface area contributed by atoms with Crippen molar-refractivity contribution in [3.8, 4) is 5.75 Å². The second-order valence-electron chi connectivity index (χ2n) is 7.50. The summed E-state index contributed by atoms with van der Waals surface area (Å²) in [5.74, 6) is -1.20. The van der Waals surface area contributed by atoms with Crippen LogP contribution in [0.5, 0.6) is 5.75 Å². The first kappa shape index (κ1) is 22.4. The second-order valence-corrected chi connectivity index (χ2v) is 7.50. The lowest BCUT2D eigenvalue weighted by Crippen LogP contribution is -2.54. The van der Waals surface area contributed by atoms with E-state index in [1.165, 1.54) is 18.2 Å². The summed E-state index contributed by atoms with van der Waals surface area (Å²) in [6, 6.07) is 18.8. The summed E-state index contributed by atoms with van der Waals surface area (Å²) in [5, 5.41) is 13.2. The van der Waals surface area contributed by atoms with Gasteiger partial charge in [0.15, 0.2) is 0 Å². The number of rotatable bonds is 6. The smallest absolute Gasteiger partial charge is 0.335 e. The highest BCUT2D eigenvalue weighted by atomic mass is 16.6. The van der Waals surface area contributed by atoms with Crippen LogP contribution in [-0.4, -0.2) is 22.8 Å². The number of amides is 4. The Labute approximate surface area is 194 Å². The monoisotopic (exact) mass is 457 g/mol. The van der Waals surface area contributed by atoms with E-state index in [2.05, 4.69) is 5.32 Å². The van der Waals surface area contributed by atoms with E-state index in [4.69, 9.17) is 4.74 Å². The predicted octanol–water partition coefficient (Wildman–Crippen LogP) is 4.15. The summed E-state index contributed by atoms with van der Waals surface area (Å²) in [5.41, 5.74) is 1.81. The Balaban J connectivity index is 1.63. The number of carbonyl (C=O) groups excluding carboxylic acids is 3. The van der Waals surface area contributed by atoms with Crippen LogP contribution in [0.3, 0.4) is 0 Å². The third kappa shape index (κ3) is 4.53. The zero-order chi connectivity index (χ0) is 24.2. The summed E-state index contributed by atoms with van der Waals surface area (Å²) < 4.78 is 5.83. The van der Waals surface area contributed by atoms with Gasteiger partial charge in [-0.15, -0.1) is 0 Å².